The first-order chi connectivity index (χ1) is 11.8. The molecule has 0 aliphatic rings. The Bertz CT molecular complexity index is 1050. The maximum Gasteiger partial charge on any atom is 0.175 e. The van der Waals surface area contributed by atoms with E-state index in [1.807, 2.05) is 10.6 Å². The van der Waals surface area contributed by atoms with Crippen molar-refractivity contribution in [2.45, 2.75) is 11.4 Å². The quantitative estimate of drug-likeness (QED) is 0.711. The van der Waals surface area contributed by atoms with Gasteiger partial charge in [0, 0.05) is 30.8 Å². The lowest BCUT2D eigenvalue weighted by Crippen LogP contribution is -2.20. The summed E-state index contributed by atoms with van der Waals surface area (Å²) >= 11 is 5.38. The van der Waals surface area contributed by atoms with Gasteiger partial charge in [-0.15, -0.1) is 0 Å². The number of hydrogen-bond acceptors (Lipinski definition) is 3. The second-order valence-electron chi connectivity index (χ2n) is 5.81. The van der Waals surface area contributed by atoms with Crippen molar-refractivity contribution < 1.29 is 12.8 Å². The molecule has 0 saturated heterocycles. The third-order valence-electron chi connectivity index (χ3n) is 4.01. The van der Waals surface area contributed by atoms with Crippen LogP contribution in [0, 0.1) is 5.82 Å². The fourth-order valence-electron chi connectivity index (χ4n) is 2.74. The molecule has 7 heteroatoms. The Morgan fingerprint density at radius 2 is 1.84 bits per heavy atom. The molecule has 130 valence electrons. The Hall–Kier alpha value is -2.25. The highest BCUT2D eigenvalue weighted by atomic mass is 32.2. The van der Waals surface area contributed by atoms with E-state index in [4.69, 9.17) is 12.2 Å². The third kappa shape index (κ3) is 3.57. The molecular formula is C18H17FN2O2S2. The highest BCUT2D eigenvalue weighted by Crippen LogP contribution is 2.25. The standard InChI is InChI=1S/C18H17FN2O2S2/c1-20-18(24)17-10-13-9-15(25(2,22)23)7-8-16(13)21(17)11-12-3-5-14(19)6-4-12/h3-10H,11H2,1-2H3,(H,20,24). The van der Waals surface area contributed by atoms with Gasteiger partial charge in [0.1, 0.15) is 10.8 Å². The SMILES string of the molecule is CNC(=S)c1cc2cc(S(C)(=O)=O)ccc2n1Cc1ccc(F)cc1. The Kier molecular flexibility index (Phi) is 4.62. The summed E-state index contributed by atoms with van der Waals surface area (Å²) in [5, 5.41) is 3.74. The van der Waals surface area contributed by atoms with E-state index < -0.39 is 9.84 Å². The number of halogens is 1. The van der Waals surface area contributed by atoms with E-state index in [9.17, 15) is 12.8 Å². The molecule has 0 aliphatic carbocycles. The normalized spacial score (nSPS) is 11.6. The van der Waals surface area contributed by atoms with Crippen molar-refractivity contribution in [2.24, 2.45) is 0 Å². The molecule has 0 amide bonds. The highest BCUT2D eigenvalue weighted by Gasteiger charge is 2.15. The summed E-state index contributed by atoms with van der Waals surface area (Å²) in [4.78, 5) is 0.820. The van der Waals surface area contributed by atoms with E-state index in [2.05, 4.69) is 5.32 Å². The van der Waals surface area contributed by atoms with Crippen molar-refractivity contribution in [3.05, 3.63) is 65.6 Å². The van der Waals surface area contributed by atoms with Gasteiger partial charge in [-0.25, -0.2) is 12.8 Å². The number of hydrogen-bond donors (Lipinski definition) is 1. The maximum absolute atomic E-state index is 13.1. The van der Waals surface area contributed by atoms with Gasteiger partial charge < -0.3 is 9.88 Å². The van der Waals surface area contributed by atoms with E-state index in [1.54, 1.807) is 37.4 Å². The van der Waals surface area contributed by atoms with E-state index in [1.165, 1.54) is 18.4 Å². The number of nitrogens with zero attached hydrogens (tertiary/aromatic N) is 1. The molecule has 0 saturated carbocycles. The zero-order valence-corrected chi connectivity index (χ0v) is 15.4. The minimum absolute atomic E-state index is 0.265. The molecule has 0 atom stereocenters. The average molecular weight is 376 g/mol. The highest BCUT2D eigenvalue weighted by molar-refractivity contribution is 7.90. The van der Waals surface area contributed by atoms with E-state index in [0.29, 0.717) is 11.5 Å². The summed E-state index contributed by atoms with van der Waals surface area (Å²) in [7, 11) is -1.55. The van der Waals surface area contributed by atoms with Crippen molar-refractivity contribution in [2.75, 3.05) is 13.3 Å². The molecule has 0 spiro atoms. The lowest BCUT2D eigenvalue weighted by atomic mass is 10.2. The van der Waals surface area contributed by atoms with E-state index >= 15 is 0 Å². The molecule has 3 rings (SSSR count). The van der Waals surface area contributed by atoms with Crippen LogP contribution in [0.1, 0.15) is 11.3 Å². The van der Waals surface area contributed by atoms with Crippen LogP contribution in [-0.4, -0.2) is 31.3 Å². The molecular weight excluding hydrogens is 359 g/mol. The third-order valence-corrected chi connectivity index (χ3v) is 5.54. The fraction of sp³-hybridized carbons (Fsp3) is 0.167. The summed E-state index contributed by atoms with van der Waals surface area (Å²) in [6.07, 6.45) is 1.18. The maximum atomic E-state index is 13.1. The van der Waals surface area contributed by atoms with Gasteiger partial charge in [0.2, 0.25) is 0 Å². The lowest BCUT2D eigenvalue weighted by Gasteiger charge is -2.12. The largest absolute Gasteiger partial charge is 0.378 e. The first-order valence-corrected chi connectivity index (χ1v) is 9.89. The van der Waals surface area contributed by atoms with Gasteiger partial charge in [-0.3, -0.25) is 0 Å². The molecule has 1 N–H and O–H groups in total. The Morgan fingerprint density at radius 3 is 2.44 bits per heavy atom. The predicted octanol–water partition coefficient (Wildman–Crippen LogP) is 3.13. The van der Waals surface area contributed by atoms with Crippen molar-refractivity contribution in [1.82, 2.24) is 9.88 Å². The second-order valence-corrected chi connectivity index (χ2v) is 8.24. The van der Waals surface area contributed by atoms with Gasteiger partial charge >= 0.3 is 0 Å². The zero-order valence-electron chi connectivity index (χ0n) is 13.8. The van der Waals surface area contributed by atoms with Gasteiger partial charge in [-0.1, -0.05) is 24.4 Å². The van der Waals surface area contributed by atoms with E-state index in [-0.39, 0.29) is 10.7 Å². The van der Waals surface area contributed by atoms with Crippen molar-refractivity contribution in [3.63, 3.8) is 0 Å². The molecule has 4 nitrogen and oxygen atoms in total. The van der Waals surface area contributed by atoms with Crippen LogP contribution in [0.15, 0.2) is 53.4 Å². The smallest absolute Gasteiger partial charge is 0.175 e. The second kappa shape index (κ2) is 6.57. The topological polar surface area (TPSA) is 51.1 Å². The van der Waals surface area contributed by atoms with E-state index in [0.717, 1.165) is 22.2 Å². The molecule has 2 aromatic carbocycles. The van der Waals surface area contributed by atoms with Crippen LogP contribution in [0.3, 0.4) is 0 Å². The zero-order chi connectivity index (χ0) is 18.2. The Balaban J connectivity index is 2.16. The molecule has 25 heavy (non-hydrogen) atoms. The predicted molar refractivity (Wildman–Crippen MR) is 101 cm³/mol. The summed E-state index contributed by atoms with van der Waals surface area (Å²) in [5.41, 5.74) is 2.57. The van der Waals surface area contributed by atoms with Gasteiger partial charge in [-0.2, -0.15) is 0 Å². The number of nitrogens with one attached hydrogen (secondary N) is 1. The molecule has 0 fully saturated rings. The fourth-order valence-corrected chi connectivity index (χ4v) is 3.56. The number of aromatic nitrogens is 1. The van der Waals surface area contributed by atoms with Crippen LogP contribution in [0.5, 0.6) is 0 Å². The Labute approximate surface area is 151 Å². The summed E-state index contributed by atoms with van der Waals surface area (Å²) in [5.74, 6) is -0.287. The van der Waals surface area contributed by atoms with Crippen LogP contribution in [0.25, 0.3) is 10.9 Å². The molecule has 3 aromatic rings. The van der Waals surface area contributed by atoms with Crippen LogP contribution in [0.2, 0.25) is 0 Å². The molecule has 0 aliphatic heterocycles. The number of fused-ring (bicyclic) bond motifs is 1. The summed E-state index contributed by atoms with van der Waals surface area (Å²) < 4.78 is 38.7. The molecule has 0 radical (unpaired) electrons. The van der Waals surface area contributed by atoms with Crippen molar-refractivity contribution >= 4 is 37.9 Å². The van der Waals surface area contributed by atoms with Gasteiger partial charge in [0.15, 0.2) is 9.84 Å². The van der Waals surface area contributed by atoms with Crippen LogP contribution in [-0.2, 0) is 16.4 Å². The summed E-state index contributed by atoms with van der Waals surface area (Å²) in [6, 6.07) is 13.1. The number of benzene rings is 2. The van der Waals surface area contributed by atoms with Crippen LogP contribution in [0.4, 0.5) is 4.39 Å². The summed E-state index contributed by atoms with van der Waals surface area (Å²) in [6.45, 7) is 0.499. The minimum atomic E-state index is -3.29. The molecule has 1 heterocycles. The lowest BCUT2D eigenvalue weighted by molar-refractivity contribution is 0.602. The Morgan fingerprint density at radius 1 is 1.16 bits per heavy atom. The first kappa shape index (κ1) is 17.6. The van der Waals surface area contributed by atoms with Gasteiger partial charge in [0.05, 0.1) is 10.6 Å². The monoisotopic (exact) mass is 376 g/mol. The van der Waals surface area contributed by atoms with Crippen LogP contribution < -0.4 is 5.32 Å². The molecule has 0 unspecified atom stereocenters. The molecule has 1 aromatic heterocycles. The van der Waals surface area contributed by atoms with Crippen LogP contribution >= 0.6 is 12.2 Å². The molecule has 0 bridgehead atoms. The van der Waals surface area contributed by atoms with Crippen molar-refractivity contribution in [1.29, 1.82) is 0 Å². The first-order valence-electron chi connectivity index (χ1n) is 7.59. The average Bonchev–Trinajstić information content (AvgIpc) is 2.93. The van der Waals surface area contributed by atoms with Gasteiger partial charge in [0.25, 0.3) is 0 Å². The number of sulfone groups is 1. The number of thiocarbonyl (C=S) groups is 1. The van der Waals surface area contributed by atoms with Gasteiger partial charge in [-0.05, 0) is 42.0 Å². The van der Waals surface area contributed by atoms with Crippen molar-refractivity contribution in [3.8, 4) is 0 Å². The number of rotatable bonds is 4. The minimum Gasteiger partial charge on any atom is -0.378 e.